The van der Waals surface area contributed by atoms with Crippen molar-refractivity contribution < 1.29 is 14.7 Å². The third-order valence-corrected chi connectivity index (χ3v) is 1.57. The van der Waals surface area contributed by atoms with Crippen LogP contribution in [0.3, 0.4) is 0 Å². The molecule has 0 aromatic carbocycles. The molecule has 0 spiro atoms. The first-order valence-corrected chi connectivity index (χ1v) is 3.55. The smallest absolute Gasteiger partial charge is 0.411 e. The van der Waals surface area contributed by atoms with E-state index >= 15 is 0 Å². The lowest BCUT2D eigenvalue weighted by Gasteiger charge is -1.93. The summed E-state index contributed by atoms with van der Waals surface area (Å²) < 4.78 is 1.50. The molecule has 6 nitrogen and oxygen atoms in total. The Balaban J connectivity index is 2.83. The van der Waals surface area contributed by atoms with Crippen LogP contribution in [0.1, 0.15) is 16.2 Å². The molecule has 0 aliphatic heterocycles. The maximum absolute atomic E-state index is 11.1. The Morgan fingerprint density at radius 2 is 2.23 bits per heavy atom. The number of hydrogen-bond donors (Lipinski definition) is 2. The fourth-order valence-corrected chi connectivity index (χ4v) is 0.833. The Morgan fingerprint density at radius 1 is 1.62 bits per heavy atom. The van der Waals surface area contributed by atoms with E-state index in [1.165, 1.54) is 10.7 Å². The molecule has 13 heavy (non-hydrogen) atoms. The van der Waals surface area contributed by atoms with Crippen LogP contribution in [0.2, 0.25) is 0 Å². The van der Waals surface area contributed by atoms with Gasteiger partial charge < -0.3 is 5.11 Å². The van der Waals surface area contributed by atoms with Gasteiger partial charge in [-0.05, 0) is 13.0 Å². The van der Waals surface area contributed by atoms with Crippen LogP contribution in [0.4, 0.5) is 4.79 Å². The van der Waals surface area contributed by atoms with Gasteiger partial charge >= 0.3 is 6.09 Å². The Morgan fingerprint density at radius 3 is 2.62 bits per heavy atom. The molecule has 0 aliphatic carbocycles. The van der Waals surface area contributed by atoms with E-state index in [2.05, 4.69) is 5.10 Å². The molecule has 1 rings (SSSR count). The zero-order chi connectivity index (χ0) is 10.0. The van der Waals surface area contributed by atoms with Gasteiger partial charge in [-0.2, -0.15) is 5.10 Å². The number of hydrogen-bond acceptors (Lipinski definition) is 3. The number of nitrogens with zero attached hydrogens (tertiary/aromatic N) is 2. The van der Waals surface area contributed by atoms with Gasteiger partial charge in [-0.25, -0.2) is 4.79 Å². The van der Waals surface area contributed by atoms with E-state index in [0.29, 0.717) is 0 Å². The lowest BCUT2D eigenvalue weighted by Crippen LogP contribution is -2.29. The van der Waals surface area contributed by atoms with Crippen molar-refractivity contribution in [2.75, 3.05) is 0 Å². The van der Waals surface area contributed by atoms with E-state index in [1.807, 2.05) is 0 Å². The molecule has 1 aromatic heterocycles. The zero-order valence-electron chi connectivity index (χ0n) is 7.24. The maximum atomic E-state index is 11.1. The summed E-state index contributed by atoms with van der Waals surface area (Å²) >= 11 is 0. The van der Waals surface area contributed by atoms with E-state index in [-0.39, 0.29) is 5.69 Å². The first-order valence-electron chi connectivity index (χ1n) is 3.55. The second kappa shape index (κ2) is 3.26. The quantitative estimate of drug-likeness (QED) is 0.648. The highest BCUT2D eigenvalue weighted by atomic mass is 16.4. The fourth-order valence-electron chi connectivity index (χ4n) is 0.833. The Labute approximate surface area is 74.2 Å². The Bertz CT molecular complexity index is 336. The number of carbonyl (C=O) groups is 2. The molecule has 2 N–H and O–H groups in total. The molecule has 0 aliphatic rings. The second-order valence-electron chi connectivity index (χ2n) is 2.55. The van der Waals surface area contributed by atoms with Gasteiger partial charge in [0.25, 0.3) is 5.91 Å². The molecular formula is C7H9N3O3. The monoisotopic (exact) mass is 183 g/mol. The number of amides is 2. The van der Waals surface area contributed by atoms with Gasteiger partial charge in [-0.3, -0.25) is 14.8 Å². The normalized spacial score (nSPS) is 9.69. The highest BCUT2D eigenvalue weighted by Gasteiger charge is 2.12. The van der Waals surface area contributed by atoms with Crippen molar-refractivity contribution in [2.24, 2.45) is 7.05 Å². The van der Waals surface area contributed by atoms with E-state index in [4.69, 9.17) is 5.11 Å². The Hall–Kier alpha value is -1.85. The van der Waals surface area contributed by atoms with Crippen LogP contribution in [-0.2, 0) is 7.05 Å². The molecule has 0 atom stereocenters. The number of aromatic nitrogens is 2. The number of rotatable bonds is 1. The molecule has 1 heterocycles. The van der Waals surface area contributed by atoms with Crippen LogP contribution in [0.15, 0.2) is 6.07 Å². The molecule has 0 fully saturated rings. The summed E-state index contributed by atoms with van der Waals surface area (Å²) in [5.41, 5.74) is 0.887. The highest BCUT2D eigenvalue weighted by molar-refractivity contribution is 6.01. The minimum atomic E-state index is -1.38. The number of aryl methyl sites for hydroxylation is 2. The lowest BCUT2D eigenvalue weighted by atomic mass is 10.3. The van der Waals surface area contributed by atoms with E-state index in [9.17, 15) is 9.59 Å². The molecule has 6 heteroatoms. The van der Waals surface area contributed by atoms with Crippen molar-refractivity contribution in [1.29, 1.82) is 0 Å². The van der Waals surface area contributed by atoms with Crippen LogP contribution in [-0.4, -0.2) is 26.9 Å². The molecule has 2 amide bonds. The molecule has 0 unspecified atom stereocenters. The van der Waals surface area contributed by atoms with Crippen molar-refractivity contribution in [3.8, 4) is 0 Å². The summed E-state index contributed by atoms with van der Waals surface area (Å²) in [6, 6.07) is 1.51. The van der Waals surface area contributed by atoms with Gasteiger partial charge in [0.05, 0.1) is 0 Å². The van der Waals surface area contributed by atoms with Gasteiger partial charge in [0, 0.05) is 12.7 Å². The minimum absolute atomic E-state index is 0.0994. The summed E-state index contributed by atoms with van der Waals surface area (Å²) in [7, 11) is 1.67. The van der Waals surface area contributed by atoms with E-state index in [1.54, 1.807) is 19.3 Å². The predicted molar refractivity (Wildman–Crippen MR) is 43.4 cm³/mol. The van der Waals surface area contributed by atoms with Crippen molar-refractivity contribution >= 4 is 12.0 Å². The first-order chi connectivity index (χ1) is 6.00. The lowest BCUT2D eigenvalue weighted by molar-refractivity contribution is 0.0942. The van der Waals surface area contributed by atoms with E-state index in [0.717, 1.165) is 5.69 Å². The van der Waals surface area contributed by atoms with Crippen LogP contribution < -0.4 is 5.32 Å². The number of imide groups is 1. The molecule has 0 radical (unpaired) electrons. The van der Waals surface area contributed by atoms with Crippen molar-refractivity contribution in [1.82, 2.24) is 15.1 Å². The van der Waals surface area contributed by atoms with Crippen LogP contribution in [0.5, 0.6) is 0 Å². The third kappa shape index (κ3) is 2.05. The number of carbonyl (C=O) groups excluding carboxylic acids is 1. The molecule has 0 bridgehead atoms. The number of carboxylic acid groups (broad SMARTS) is 1. The topological polar surface area (TPSA) is 84.2 Å². The van der Waals surface area contributed by atoms with Crippen LogP contribution in [0.25, 0.3) is 0 Å². The summed E-state index contributed by atoms with van der Waals surface area (Å²) in [4.78, 5) is 21.2. The standard InChI is InChI=1S/C7H9N3O3/c1-4-3-5(9-10(4)2)6(11)8-7(12)13/h3H,1-2H3,(H,8,11)(H,12,13). The summed E-state index contributed by atoms with van der Waals surface area (Å²) in [6.07, 6.45) is -1.38. The van der Waals surface area contributed by atoms with Crippen molar-refractivity contribution in [3.63, 3.8) is 0 Å². The fraction of sp³-hybridized carbons (Fsp3) is 0.286. The maximum Gasteiger partial charge on any atom is 0.411 e. The number of nitrogens with one attached hydrogen (secondary N) is 1. The van der Waals surface area contributed by atoms with Gasteiger partial charge in [-0.15, -0.1) is 0 Å². The molecule has 70 valence electrons. The second-order valence-corrected chi connectivity index (χ2v) is 2.55. The average molecular weight is 183 g/mol. The zero-order valence-corrected chi connectivity index (χ0v) is 7.24. The van der Waals surface area contributed by atoms with E-state index < -0.39 is 12.0 Å². The average Bonchev–Trinajstić information content (AvgIpc) is 2.31. The molecular weight excluding hydrogens is 174 g/mol. The predicted octanol–water partition coefficient (Wildman–Crippen LogP) is 0.136. The van der Waals surface area contributed by atoms with Gasteiger partial charge in [0.2, 0.25) is 0 Å². The Kier molecular flexibility index (Phi) is 2.32. The molecule has 0 saturated carbocycles. The SMILES string of the molecule is Cc1cc(C(=O)NC(=O)O)nn1C. The first kappa shape index (κ1) is 9.24. The van der Waals surface area contributed by atoms with Crippen LogP contribution >= 0.6 is 0 Å². The van der Waals surface area contributed by atoms with Crippen LogP contribution in [0, 0.1) is 6.92 Å². The molecule has 0 saturated heterocycles. The van der Waals surface area contributed by atoms with Crippen molar-refractivity contribution in [3.05, 3.63) is 17.5 Å². The summed E-state index contributed by atoms with van der Waals surface area (Å²) in [5, 5.41) is 13.8. The minimum Gasteiger partial charge on any atom is -0.465 e. The van der Waals surface area contributed by atoms with Crippen molar-refractivity contribution in [2.45, 2.75) is 6.92 Å². The summed E-state index contributed by atoms with van der Waals surface area (Å²) in [6.45, 7) is 1.77. The third-order valence-electron chi connectivity index (χ3n) is 1.57. The summed E-state index contributed by atoms with van der Waals surface area (Å²) in [5.74, 6) is -0.712. The van der Waals surface area contributed by atoms with Gasteiger partial charge in [-0.1, -0.05) is 0 Å². The van der Waals surface area contributed by atoms with Gasteiger partial charge in [0.15, 0.2) is 5.69 Å². The molecule has 1 aromatic rings. The highest BCUT2D eigenvalue weighted by Crippen LogP contribution is 2.00. The van der Waals surface area contributed by atoms with Gasteiger partial charge in [0.1, 0.15) is 0 Å². The largest absolute Gasteiger partial charge is 0.465 e.